The zero-order valence-corrected chi connectivity index (χ0v) is 60.6. The lowest BCUT2D eigenvalue weighted by Crippen LogP contribution is -2.30. The Labute approximate surface area is 556 Å². The number of hydrogen-bond acceptors (Lipinski definition) is 15. The van der Waals surface area contributed by atoms with Gasteiger partial charge in [0, 0.05) is 25.7 Å². The number of phosphoric acid groups is 2. The lowest BCUT2D eigenvalue weighted by molar-refractivity contribution is -0.161. The van der Waals surface area contributed by atoms with Crippen molar-refractivity contribution < 1.29 is 80.2 Å². The molecule has 0 aromatic heterocycles. The highest BCUT2D eigenvalue weighted by atomic mass is 31.2. The first-order chi connectivity index (χ1) is 44.2. The molecule has 540 valence electrons. The Kier molecular flexibility index (Phi) is 65.2. The van der Waals surface area contributed by atoms with E-state index in [1.165, 1.54) is 205 Å². The molecule has 0 amide bonds. The van der Waals surface area contributed by atoms with E-state index in [1.807, 2.05) is 0 Å². The molecule has 0 aliphatic rings. The standard InChI is InChI=1S/C72H140O17P2/c1-5-9-13-17-20-23-26-29-32-33-34-35-38-41-44-47-51-55-59-72(77)89-68(63-83-70(75)57-53-49-45-42-39-36-30-27-24-21-18-14-10-6-2)65-87-91(80,81)85-61-66(73)60-84-90(78,79)86-64-67(62-82-69(74)56-52-48-16-12-8-4)88-71(76)58-54-50-46-43-40-37-31-28-25-22-19-15-11-7-3/h66-68,73H,5-65H2,1-4H3,(H,78,79)(H,80,81)/t66-,67+,68+/m0/s1. The number of aliphatic hydroxyl groups excluding tert-OH is 1. The van der Waals surface area contributed by atoms with Crippen molar-refractivity contribution in [2.24, 2.45) is 0 Å². The van der Waals surface area contributed by atoms with Gasteiger partial charge < -0.3 is 33.8 Å². The summed E-state index contributed by atoms with van der Waals surface area (Å²) >= 11 is 0. The summed E-state index contributed by atoms with van der Waals surface area (Å²) < 4.78 is 68.2. The summed E-state index contributed by atoms with van der Waals surface area (Å²) in [4.78, 5) is 72.4. The van der Waals surface area contributed by atoms with E-state index in [0.29, 0.717) is 25.7 Å². The van der Waals surface area contributed by atoms with Gasteiger partial charge in [-0.2, -0.15) is 0 Å². The number of ether oxygens (including phenoxy) is 4. The smallest absolute Gasteiger partial charge is 0.462 e. The van der Waals surface area contributed by atoms with Crippen molar-refractivity contribution in [3.63, 3.8) is 0 Å². The largest absolute Gasteiger partial charge is 0.472 e. The fraction of sp³-hybridized carbons (Fsp3) is 0.944. The summed E-state index contributed by atoms with van der Waals surface area (Å²) in [5, 5.41) is 10.6. The molecule has 0 aromatic rings. The number of rotatable bonds is 73. The van der Waals surface area contributed by atoms with Gasteiger partial charge in [-0.05, 0) is 25.7 Å². The molecule has 0 saturated carbocycles. The average Bonchev–Trinajstić information content (AvgIpc) is 2.41. The van der Waals surface area contributed by atoms with Crippen LogP contribution in [0.5, 0.6) is 0 Å². The monoisotopic (exact) mass is 1340 g/mol. The molecule has 0 aliphatic heterocycles. The van der Waals surface area contributed by atoms with Crippen molar-refractivity contribution >= 4 is 39.5 Å². The number of esters is 4. The Morgan fingerprint density at radius 2 is 0.440 bits per heavy atom. The first kappa shape index (κ1) is 89.1. The topological polar surface area (TPSA) is 237 Å². The van der Waals surface area contributed by atoms with Gasteiger partial charge in [-0.1, -0.05) is 329 Å². The maximum atomic E-state index is 13.0. The van der Waals surface area contributed by atoms with Crippen molar-refractivity contribution in [2.45, 2.75) is 399 Å². The van der Waals surface area contributed by atoms with E-state index < -0.39 is 97.5 Å². The summed E-state index contributed by atoms with van der Waals surface area (Å²) in [5.41, 5.74) is 0. The molecule has 0 fully saturated rings. The van der Waals surface area contributed by atoms with Gasteiger partial charge in [0.15, 0.2) is 12.2 Å². The third kappa shape index (κ3) is 66.5. The number of hydrogen-bond donors (Lipinski definition) is 3. The fourth-order valence-electron chi connectivity index (χ4n) is 11.0. The molecule has 0 spiro atoms. The summed E-state index contributed by atoms with van der Waals surface area (Å²) in [6.07, 6.45) is 55.8. The van der Waals surface area contributed by atoms with Gasteiger partial charge in [0.2, 0.25) is 0 Å². The maximum Gasteiger partial charge on any atom is 0.472 e. The molecule has 2 unspecified atom stereocenters. The van der Waals surface area contributed by atoms with Gasteiger partial charge in [0.25, 0.3) is 0 Å². The van der Waals surface area contributed by atoms with Gasteiger partial charge in [-0.15, -0.1) is 0 Å². The van der Waals surface area contributed by atoms with Crippen LogP contribution < -0.4 is 0 Å². The van der Waals surface area contributed by atoms with Crippen molar-refractivity contribution in [1.29, 1.82) is 0 Å². The van der Waals surface area contributed by atoms with Gasteiger partial charge >= 0.3 is 39.5 Å². The van der Waals surface area contributed by atoms with Gasteiger partial charge in [0.05, 0.1) is 26.4 Å². The summed E-state index contributed by atoms with van der Waals surface area (Å²) in [6.45, 7) is 4.88. The minimum Gasteiger partial charge on any atom is -0.462 e. The molecule has 3 N–H and O–H groups in total. The van der Waals surface area contributed by atoms with Crippen molar-refractivity contribution in [3.05, 3.63) is 0 Å². The van der Waals surface area contributed by atoms with Crippen LogP contribution in [0.2, 0.25) is 0 Å². The van der Waals surface area contributed by atoms with Crippen LogP contribution in [-0.4, -0.2) is 96.7 Å². The van der Waals surface area contributed by atoms with E-state index in [9.17, 15) is 43.2 Å². The number of unbranched alkanes of at least 4 members (excludes halogenated alkanes) is 47. The van der Waals surface area contributed by atoms with Crippen molar-refractivity contribution in [3.8, 4) is 0 Å². The second-order valence-electron chi connectivity index (χ2n) is 26.0. The van der Waals surface area contributed by atoms with E-state index in [0.717, 1.165) is 96.3 Å². The molecule has 19 heteroatoms. The molecule has 0 bridgehead atoms. The Hall–Kier alpha value is -1.94. The van der Waals surface area contributed by atoms with Crippen molar-refractivity contribution in [2.75, 3.05) is 39.6 Å². The first-order valence-electron chi connectivity index (χ1n) is 37.8. The molecule has 0 saturated heterocycles. The second-order valence-corrected chi connectivity index (χ2v) is 28.9. The second kappa shape index (κ2) is 66.7. The van der Waals surface area contributed by atoms with Gasteiger partial charge in [0.1, 0.15) is 19.3 Å². The summed E-state index contributed by atoms with van der Waals surface area (Å²) in [5.74, 6) is -2.13. The normalized spacial score (nSPS) is 14.0. The summed E-state index contributed by atoms with van der Waals surface area (Å²) in [7, 11) is -9.89. The number of carbonyl (C=O) groups is 4. The van der Waals surface area contributed by atoms with Gasteiger partial charge in [-0.25, -0.2) is 9.13 Å². The maximum absolute atomic E-state index is 13.0. The molecule has 91 heavy (non-hydrogen) atoms. The van der Waals surface area contributed by atoms with Crippen LogP contribution in [0, 0.1) is 0 Å². The van der Waals surface area contributed by atoms with E-state index in [-0.39, 0.29) is 25.7 Å². The Balaban J connectivity index is 5.14. The highest BCUT2D eigenvalue weighted by Crippen LogP contribution is 2.45. The van der Waals surface area contributed by atoms with Crippen LogP contribution in [-0.2, 0) is 65.4 Å². The molecule has 0 radical (unpaired) electrons. The molecule has 5 atom stereocenters. The molecular weight excluding hydrogens is 1200 g/mol. The highest BCUT2D eigenvalue weighted by molar-refractivity contribution is 7.47. The molecule has 17 nitrogen and oxygen atoms in total. The lowest BCUT2D eigenvalue weighted by atomic mass is 10.0. The molecule has 0 heterocycles. The fourth-order valence-corrected chi connectivity index (χ4v) is 12.6. The third-order valence-electron chi connectivity index (χ3n) is 16.9. The number of phosphoric ester groups is 2. The quantitative estimate of drug-likeness (QED) is 0.0222. The van der Waals surface area contributed by atoms with E-state index in [4.69, 9.17) is 37.0 Å². The minimum atomic E-state index is -4.95. The SMILES string of the molecule is CCCCCCCCCCCCCCCCCCCCC(=O)O[C@H](COC(=O)CCCCCCCCCCCCCCCC)COP(=O)(O)OC[C@@H](O)COP(=O)(O)OC[C@@H](COC(=O)CCCCCCC)OC(=O)CCCCCCCCCCCCCCCC. The number of aliphatic hydroxyl groups is 1. The van der Waals surface area contributed by atoms with Crippen LogP contribution in [0.4, 0.5) is 0 Å². The van der Waals surface area contributed by atoms with Crippen LogP contribution in [0.1, 0.15) is 381 Å². The predicted molar refractivity (Wildman–Crippen MR) is 368 cm³/mol. The summed E-state index contributed by atoms with van der Waals surface area (Å²) in [6, 6.07) is 0. The van der Waals surface area contributed by atoms with Crippen LogP contribution in [0.3, 0.4) is 0 Å². The van der Waals surface area contributed by atoms with Gasteiger partial charge in [-0.3, -0.25) is 37.3 Å². The zero-order chi connectivity index (χ0) is 66.8. The van der Waals surface area contributed by atoms with Crippen LogP contribution in [0.25, 0.3) is 0 Å². The minimum absolute atomic E-state index is 0.107. The Morgan fingerprint density at radius 3 is 0.648 bits per heavy atom. The van der Waals surface area contributed by atoms with E-state index >= 15 is 0 Å². The third-order valence-corrected chi connectivity index (χ3v) is 18.8. The van der Waals surface area contributed by atoms with E-state index in [1.54, 1.807) is 0 Å². The number of carbonyl (C=O) groups excluding carboxylic acids is 4. The molecule has 0 rings (SSSR count). The first-order valence-corrected chi connectivity index (χ1v) is 40.8. The predicted octanol–water partition coefficient (Wildman–Crippen LogP) is 21.1. The molecular formula is C72H140O17P2. The Morgan fingerprint density at radius 1 is 0.264 bits per heavy atom. The van der Waals surface area contributed by atoms with Crippen molar-refractivity contribution in [1.82, 2.24) is 0 Å². The molecule has 0 aromatic carbocycles. The highest BCUT2D eigenvalue weighted by Gasteiger charge is 2.30. The Bertz CT molecular complexity index is 1740. The van der Waals surface area contributed by atoms with E-state index in [2.05, 4.69) is 27.7 Å². The molecule has 0 aliphatic carbocycles. The van der Waals surface area contributed by atoms with Crippen LogP contribution in [0.15, 0.2) is 0 Å². The average molecular weight is 1340 g/mol. The zero-order valence-electron chi connectivity index (χ0n) is 58.8. The lowest BCUT2D eigenvalue weighted by Gasteiger charge is -2.21. The van der Waals surface area contributed by atoms with Crippen LogP contribution >= 0.6 is 15.6 Å².